The molecular formula is C25H32N2O3. The van der Waals surface area contributed by atoms with Crippen LogP contribution in [0.2, 0.25) is 0 Å². The molecule has 0 bridgehead atoms. The molecule has 0 aromatic heterocycles. The van der Waals surface area contributed by atoms with Gasteiger partial charge in [-0.15, -0.1) is 0 Å². The van der Waals surface area contributed by atoms with E-state index in [0.717, 1.165) is 25.7 Å². The van der Waals surface area contributed by atoms with Crippen LogP contribution in [0.25, 0.3) is 0 Å². The van der Waals surface area contributed by atoms with Crippen LogP contribution in [0, 0.1) is 0 Å². The summed E-state index contributed by atoms with van der Waals surface area (Å²) in [4.78, 5) is 23.9. The molecule has 0 atom stereocenters. The summed E-state index contributed by atoms with van der Waals surface area (Å²) in [5.74, 6) is 0.475. The number of unbranched alkanes of at least 4 members (excludes halogenated alkanes) is 5. The number of rotatable bonds is 13. The monoisotopic (exact) mass is 408 g/mol. The van der Waals surface area contributed by atoms with Crippen LogP contribution in [-0.4, -0.2) is 11.8 Å². The van der Waals surface area contributed by atoms with Crippen molar-refractivity contribution in [3.63, 3.8) is 0 Å². The summed E-state index contributed by atoms with van der Waals surface area (Å²) in [6, 6.07) is 14.1. The standard InChI is InChI=1S/C25H32N2O3/c1-3-5-7-8-9-11-25(29)30-23-18-16-22(17-19-23)27-26-21-14-12-20(13-15-21)24(28)10-6-4-2/h12-19H,3-11H2,1-2H3. The third-order valence-electron chi connectivity index (χ3n) is 4.78. The SMILES string of the molecule is CCCCCCCC(=O)Oc1ccc(N=Nc2ccc(C(=O)CCCC)cc2)cc1. The van der Waals surface area contributed by atoms with E-state index in [1.54, 1.807) is 48.5 Å². The van der Waals surface area contributed by atoms with E-state index in [4.69, 9.17) is 4.74 Å². The lowest BCUT2D eigenvalue weighted by atomic mass is 10.1. The summed E-state index contributed by atoms with van der Waals surface area (Å²) in [5, 5.41) is 8.40. The summed E-state index contributed by atoms with van der Waals surface area (Å²) in [5.41, 5.74) is 2.05. The van der Waals surface area contributed by atoms with Crippen LogP contribution in [0.5, 0.6) is 5.75 Å². The second-order valence-electron chi connectivity index (χ2n) is 7.41. The first-order valence-corrected chi connectivity index (χ1v) is 11.0. The molecule has 5 heteroatoms. The van der Waals surface area contributed by atoms with Gasteiger partial charge in [-0.3, -0.25) is 9.59 Å². The Hall–Kier alpha value is -2.82. The van der Waals surface area contributed by atoms with Crippen molar-refractivity contribution in [3.05, 3.63) is 54.1 Å². The van der Waals surface area contributed by atoms with Gasteiger partial charge in [-0.1, -0.05) is 46.0 Å². The molecule has 0 heterocycles. The molecule has 2 aromatic carbocycles. The van der Waals surface area contributed by atoms with Crippen molar-refractivity contribution in [1.29, 1.82) is 0 Å². The maximum atomic E-state index is 12.0. The van der Waals surface area contributed by atoms with E-state index in [0.29, 0.717) is 35.5 Å². The van der Waals surface area contributed by atoms with Gasteiger partial charge in [-0.05, 0) is 61.4 Å². The highest BCUT2D eigenvalue weighted by molar-refractivity contribution is 5.96. The number of azo groups is 1. The van der Waals surface area contributed by atoms with Gasteiger partial charge in [-0.25, -0.2) is 0 Å². The van der Waals surface area contributed by atoms with Gasteiger partial charge in [0, 0.05) is 18.4 Å². The van der Waals surface area contributed by atoms with Gasteiger partial charge in [0.25, 0.3) is 0 Å². The summed E-state index contributed by atoms with van der Waals surface area (Å²) in [6.07, 6.45) is 8.45. The molecule has 2 aromatic rings. The largest absolute Gasteiger partial charge is 0.427 e. The molecule has 0 radical (unpaired) electrons. The molecule has 0 unspecified atom stereocenters. The molecule has 0 aliphatic heterocycles. The van der Waals surface area contributed by atoms with E-state index in [2.05, 4.69) is 24.1 Å². The first-order valence-electron chi connectivity index (χ1n) is 11.0. The fourth-order valence-corrected chi connectivity index (χ4v) is 2.95. The first kappa shape index (κ1) is 23.5. The lowest BCUT2D eigenvalue weighted by molar-refractivity contribution is -0.134. The average Bonchev–Trinajstić information content (AvgIpc) is 2.77. The van der Waals surface area contributed by atoms with Crippen molar-refractivity contribution in [2.45, 2.75) is 71.6 Å². The maximum Gasteiger partial charge on any atom is 0.311 e. The van der Waals surface area contributed by atoms with Crippen LogP contribution in [0.15, 0.2) is 58.8 Å². The number of hydrogen-bond acceptors (Lipinski definition) is 5. The van der Waals surface area contributed by atoms with Crippen LogP contribution in [0.3, 0.4) is 0 Å². The number of nitrogens with zero attached hydrogens (tertiary/aromatic N) is 2. The third-order valence-corrected chi connectivity index (χ3v) is 4.78. The smallest absolute Gasteiger partial charge is 0.311 e. The minimum atomic E-state index is -0.200. The van der Waals surface area contributed by atoms with Gasteiger partial charge in [0.15, 0.2) is 5.78 Å². The Morgan fingerprint density at radius 2 is 1.27 bits per heavy atom. The number of Topliss-reactive ketones (excluding diaryl/α,β-unsaturated/α-hetero) is 1. The van der Waals surface area contributed by atoms with Crippen LogP contribution < -0.4 is 4.74 Å². The molecule has 0 saturated carbocycles. The zero-order valence-corrected chi connectivity index (χ0v) is 18.1. The summed E-state index contributed by atoms with van der Waals surface area (Å²) in [7, 11) is 0. The highest BCUT2D eigenvalue weighted by Gasteiger charge is 2.06. The van der Waals surface area contributed by atoms with Crippen molar-refractivity contribution < 1.29 is 14.3 Å². The van der Waals surface area contributed by atoms with E-state index >= 15 is 0 Å². The van der Waals surface area contributed by atoms with Crippen LogP contribution in [0.1, 0.15) is 82.0 Å². The third kappa shape index (κ3) is 8.68. The number of esters is 1. The van der Waals surface area contributed by atoms with Gasteiger partial charge in [0.1, 0.15) is 5.75 Å². The Labute approximate surface area is 179 Å². The van der Waals surface area contributed by atoms with Crippen LogP contribution in [0.4, 0.5) is 11.4 Å². The number of carbonyl (C=O) groups excluding carboxylic acids is 2. The molecule has 5 nitrogen and oxygen atoms in total. The molecule has 2 rings (SSSR count). The van der Waals surface area contributed by atoms with Crippen molar-refractivity contribution in [2.75, 3.05) is 0 Å². The van der Waals surface area contributed by atoms with E-state index in [-0.39, 0.29) is 11.8 Å². The predicted octanol–water partition coefficient (Wildman–Crippen LogP) is 7.74. The first-order chi connectivity index (χ1) is 14.6. The van der Waals surface area contributed by atoms with Crippen molar-refractivity contribution >= 4 is 23.1 Å². The highest BCUT2D eigenvalue weighted by atomic mass is 16.5. The average molecular weight is 409 g/mol. The van der Waals surface area contributed by atoms with E-state index in [9.17, 15) is 9.59 Å². The molecule has 0 fully saturated rings. The number of ketones is 1. The summed E-state index contributed by atoms with van der Waals surface area (Å²) in [6.45, 7) is 4.24. The van der Waals surface area contributed by atoms with E-state index in [1.165, 1.54) is 19.3 Å². The van der Waals surface area contributed by atoms with Crippen LogP contribution >= 0.6 is 0 Å². The molecule has 30 heavy (non-hydrogen) atoms. The molecule has 0 N–H and O–H groups in total. The normalized spacial score (nSPS) is 11.0. The summed E-state index contributed by atoms with van der Waals surface area (Å²) >= 11 is 0. The van der Waals surface area contributed by atoms with E-state index in [1.807, 2.05) is 0 Å². The number of hydrogen-bond donors (Lipinski definition) is 0. The molecule has 160 valence electrons. The lowest BCUT2D eigenvalue weighted by Crippen LogP contribution is -2.07. The highest BCUT2D eigenvalue weighted by Crippen LogP contribution is 2.22. The molecule has 0 saturated heterocycles. The molecule has 0 aliphatic rings. The maximum absolute atomic E-state index is 12.0. The number of ether oxygens (including phenoxy) is 1. The Morgan fingerprint density at radius 3 is 1.87 bits per heavy atom. The Balaban J connectivity index is 1.81. The van der Waals surface area contributed by atoms with E-state index < -0.39 is 0 Å². The fourth-order valence-electron chi connectivity index (χ4n) is 2.95. The zero-order valence-electron chi connectivity index (χ0n) is 18.1. The zero-order chi connectivity index (χ0) is 21.6. The van der Waals surface area contributed by atoms with Gasteiger partial charge < -0.3 is 4.74 Å². The van der Waals surface area contributed by atoms with Crippen molar-refractivity contribution in [1.82, 2.24) is 0 Å². The van der Waals surface area contributed by atoms with Gasteiger partial charge in [-0.2, -0.15) is 10.2 Å². The van der Waals surface area contributed by atoms with Gasteiger partial charge in [0.05, 0.1) is 11.4 Å². The minimum Gasteiger partial charge on any atom is -0.427 e. The van der Waals surface area contributed by atoms with Crippen molar-refractivity contribution in [2.24, 2.45) is 10.2 Å². The second kappa shape index (κ2) is 13.4. The Kier molecular flexibility index (Phi) is 10.5. The lowest BCUT2D eigenvalue weighted by Gasteiger charge is -2.04. The Bertz CT molecular complexity index is 811. The second-order valence-corrected chi connectivity index (χ2v) is 7.41. The minimum absolute atomic E-state index is 0.159. The molecule has 0 aliphatic carbocycles. The molecule has 0 spiro atoms. The predicted molar refractivity (Wildman–Crippen MR) is 120 cm³/mol. The summed E-state index contributed by atoms with van der Waals surface area (Å²) < 4.78 is 5.36. The van der Waals surface area contributed by atoms with Gasteiger partial charge >= 0.3 is 5.97 Å². The topological polar surface area (TPSA) is 68.1 Å². The Morgan fingerprint density at radius 1 is 0.700 bits per heavy atom. The molecular weight excluding hydrogens is 376 g/mol. The van der Waals surface area contributed by atoms with Crippen LogP contribution in [-0.2, 0) is 4.79 Å². The number of carbonyl (C=O) groups is 2. The number of benzene rings is 2. The molecule has 0 amide bonds. The van der Waals surface area contributed by atoms with Gasteiger partial charge in [0.2, 0.25) is 0 Å². The van der Waals surface area contributed by atoms with Crippen molar-refractivity contribution in [3.8, 4) is 5.75 Å². The quantitative estimate of drug-likeness (QED) is 0.112. The fraction of sp³-hybridized carbons (Fsp3) is 0.440.